The van der Waals surface area contributed by atoms with Crippen molar-refractivity contribution in [2.75, 3.05) is 25.9 Å². The van der Waals surface area contributed by atoms with Gasteiger partial charge < -0.3 is 10.6 Å². The van der Waals surface area contributed by atoms with Crippen LogP contribution in [-0.2, 0) is 22.0 Å². The molecule has 0 atom stereocenters. The van der Waals surface area contributed by atoms with Crippen LogP contribution in [0.1, 0.15) is 24.3 Å². The van der Waals surface area contributed by atoms with E-state index in [1.54, 1.807) is 18.4 Å². The average Bonchev–Trinajstić information content (AvgIpc) is 3.19. The van der Waals surface area contributed by atoms with Crippen molar-refractivity contribution in [3.05, 3.63) is 58.3 Å². The number of guanidine groups is 1. The first-order valence-corrected chi connectivity index (χ1v) is 11.4. The predicted octanol–water partition coefficient (Wildman–Crippen LogP) is 2.31. The molecule has 0 unspecified atom stereocenters. The fraction of sp³-hybridized carbons (Fsp3) is 0.421. The second-order valence-electron chi connectivity index (χ2n) is 6.84. The van der Waals surface area contributed by atoms with Crippen LogP contribution in [0.4, 0.5) is 0 Å². The van der Waals surface area contributed by atoms with Gasteiger partial charge in [0.05, 0.1) is 5.75 Å². The topological polar surface area (TPSA) is 82.6 Å². The molecule has 0 aliphatic rings. The molecule has 0 saturated heterocycles. The lowest BCUT2D eigenvalue weighted by Crippen LogP contribution is -2.45. The molecule has 6 nitrogen and oxygen atoms in total. The minimum Gasteiger partial charge on any atom is -0.356 e. The highest BCUT2D eigenvalue weighted by atomic mass is 32.2. The summed E-state index contributed by atoms with van der Waals surface area (Å²) in [5, 5.41) is 8.40. The third kappa shape index (κ3) is 7.32. The van der Waals surface area contributed by atoms with Gasteiger partial charge in [-0.05, 0) is 17.0 Å². The zero-order valence-corrected chi connectivity index (χ0v) is 17.7. The van der Waals surface area contributed by atoms with Crippen LogP contribution in [0.2, 0.25) is 0 Å². The second kappa shape index (κ2) is 9.87. The Bertz CT molecular complexity index is 817. The fourth-order valence-corrected chi connectivity index (χ4v) is 4.19. The van der Waals surface area contributed by atoms with E-state index in [2.05, 4.69) is 45.6 Å². The molecule has 1 heterocycles. The number of nitrogens with zero attached hydrogens (tertiary/aromatic N) is 1. The molecule has 0 fully saturated rings. The molecule has 0 radical (unpaired) electrons. The van der Waals surface area contributed by atoms with Crippen molar-refractivity contribution in [1.82, 2.24) is 15.4 Å². The van der Waals surface area contributed by atoms with Gasteiger partial charge in [-0.15, -0.1) is 11.3 Å². The molecular formula is C19H28N4O2S2. The molecular weight excluding hydrogens is 380 g/mol. The number of aliphatic imine (C=N–C) groups is 1. The Hall–Kier alpha value is -1.90. The quantitative estimate of drug-likeness (QED) is 0.439. The summed E-state index contributed by atoms with van der Waals surface area (Å²) in [6.45, 7) is 5.61. The summed E-state index contributed by atoms with van der Waals surface area (Å²) in [4.78, 5) is 5.46. The van der Waals surface area contributed by atoms with Crippen molar-refractivity contribution in [2.45, 2.75) is 25.8 Å². The lowest BCUT2D eigenvalue weighted by Gasteiger charge is -2.25. The molecule has 27 heavy (non-hydrogen) atoms. The summed E-state index contributed by atoms with van der Waals surface area (Å²) in [5.74, 6) is 0.576. The smallest absolute Gasteiger partial charge is 0.213 e. The predicted molar refractivity (Wildman–Crippen MR) is 114 cm³/mol. The van der Waals surface area contributed by atoms with Gasteiger partial charge in [-0.3, -0.25) is 4.99 Å². The van der Waals surface area contributed by atoms with Crippen LogP contribution in [-0.4, -0.2) is 40.3 Å². The lowest BCUT2D eigenvalue weighted by molar-refractivity contribution is 0.519. The summed E-state index contributed by atoms with van der Waals surface area (Å²) < 4.78 is 26.9. The van der Waals surface area contributed by atoms with Crippen LogP contribution in [0.5, 0.6) is 0 Å². The molecule has 1 aromatic carbocycles. The minimum absolute atomic E-state index is 0.0190. The molecule has 3 N–H and O–H groups in total. The monoisotopic (exact) mass is 408 g/mol. The van der Waals surface area contributed by atoms with E-state index >= 15 is 0 Å². The minimum atomic E-state index is -3.36. The van der Waals surface area contributed by atoms with Crippen molar-refractivity contribution in [3.8, 4) is 0 Å². The Morgan fingerprint density at radius 1 is 1.11 bits per heavy atom. The molecule has 0 spiro atoms. The van der Waals surface area contributed by atoms with Crippen LogP contribution in [0.3, 0.4) is 0 Å². The van der Waals surface area contributed by atoms with E-state index in [-0.39, 0.29) is 17.7 Å². The second-order valence-corrected chi connectivity index (χ2v) is 9.71. The van der Waals surface area contributed by atoms with Crippen molar-refractivity contribution in [1.29, 1.82) is 0 Å². The Kier molecular flexibility index (Phi) is 7.82. The van der Waals surface area contributed by atoms with Gasteiger partial charge in [0.1, 0.15) is 0 Å². The molecule has 8 heteroatoms. The van der Waals surface area contributed by atoms with Crippen molar-refractivity contribution < 1.29 is 8.42 Å². The highest BCUT2D eigenvalue weighted by Gasteiger charge is 2.22. The number of hydrogen-bond donors (Lipinski definition) is 3. The standard InChI is InChI=1S/C19H28N4O2S2/c1-19(2,17-10-7-12-26-17)15-22-18(20-3)21-11-13-27(24,25)23-14-16-8-5-4-6-9-16/h4-10,12,23H,11,13-15H2,1-3H3,(H2,20,21,22). The van der Waals surface area contributed by atoms with E-state index in [1.165, 1.54) is 4.88 Å². The number of nitrogens with one attached hydrogen (secondary N) is 3. The maximum absolute atomic E-state index is 12.1. The van der Waals surface area contributed by atoms with Crippen LogP contribution < -0.4 is 15.4 Å². The first-order valence-electron chi connectivity index (χ1n) is 8.82. The number of sulfonamides is 1. The molecule has 2 aromatic rings. The molecule has 0 amide bonds. The summed E-state index contributed by atoms with van der Waals surface area (Å²) in [6, 6.07) is 13.6. The lowest BCUT2D eigenvalue weighted by atomic mass is 9.91. The van der Waals surface area contributed by atoms with E-state index in [4.69, 9.17) is 0 Å². The maximum Gasteiger partial charge on any atom is 0.213 e. The summed E-state index contributed by atoms with van der Waals surface area (Å²) in [7, 11) is -1.68. The van der Waals surface area contributed by atoms with Gasteiger partial charge in [-0.2, -0.15) is 0 Å². The van der Waals surface area contributed by atoms with Gasteiger partial charge >= 0.3 is 0 Å². The van der Waals surface area contributed by atoms with E-state index < -0.39 is 10.0 Å². The van der Waals surface area contributed by atoms with Crippen LogP contribution in [0.15, 0.2) is 52.8 Å². The zero-order valence-electron chi connectivity index (χ0n) is 16.0. The molecule has 148 valence electrons. The maximum atomic E-state index is 12.1. The van der Waals surface area contributed by atoms with Crippen molar-refractivity contribution in [3.63, 3.8) is 0 Å². The largest absolute Gasteiger partial charge is 0.356 e. The van der Waals surface area contributed by atoms with Gasteiger partial charge in [0, 0.05) is 37.0 Å². The molecule has 2 rings (SSSR count). The number of hydrogen-bond acceptors (Lipinski definition) is 4. The number of rotatable bonds is 9. The normalized spacial score (nSPS) is 12.8. The van der Waals surface area contributed by atoms with Gasteiger partial charge in [-0.25, -0.2) is 13.1 Å². The van der Waals surface area contributed by atoms with Crippen LogP contribution in [0.25, 0.3) is 0 Å². The van der Waals surface area contributed by atoms with Crippen molar-refractivity contribution in [2.24, 2.45) is 4.99 Å². The average molecular weight is 409 g/mol. The van der Waals surface area contributed by atoms with Crippen LogP contribution in [0, 0.1) is 0 Å². The number of benzene rings is 1. The highest BCUT2D eigenvalue weighted by Crippen LogP contribution is 2.26. The SMILES string of the molecule is CN=C(NCCS(=O)(=O)NCc1ccccc1)NCC(C)(C)c1cccs1. The van der Waals surface area contributed by atoms with Gasteiger partial charge in [0.2, 0.25) is 10.0 Å². The van der Waals surface area contributed by atoms with Gasteiger partial charge in [0.25, 0.3) is 0 Å². The Morgan fingerprint density at radius 3 is 2.48 bits per heavy atom. The molecule has 0 saturated carbocycles. The summed E-state index contributed by atoms with van der Waals surface area (Å²) in [5.41, 5.74) is 0.900. The summed E-state index contributed by atoms with van der Waals surface area (Å²) >= 11 is 1.73. The Balaban J connectivity index is 1.75. The highest BCUT2D eigenvalue weighted by molar-refractivity contribution is 7.89. The van der Waals surface area contributed by atoms with Crippen LogP contribution >= 0.6 is 11.3 Å². The number of thiophene rings is 1. The molecule has 0 aliphatic heterocycles. The van der Waals surface area contributed by atoms with Gasteiger partial charge in [0.15, 0.2) is 5.96 Å². The molecule has 1 aromatic heterocycles. The fourth-order valence-electron chi connectivity index (χ4n) is 2.44. The zero-order chi connectivity index (χ0) is 19.8. The first kappa shape index (κ1) is 21.4. The van der Waals surface area contributed by atoms with Gasteiger partial charge in [-0.1, -0.05) is 50.2 Å². The van der Waals surface area contributed by atoms with E-state index in [0.29, 0.717) is 19.0 Å². The Morgan fingerprint density at radius 2 is 1.85 bits per heavy atom. The third-order valence-electron chi connectivity index (χ3n) is 4.11. The molecule has 0 bridgehead atoms. The third-order valence-corrected chi connectivity index (χ3v) is 6.67. The summed E-state index contributed by atoms with van der Waals surface area (Å²) in [6.07, 6.45) is 0. The first-order chi connectivity index (χ1) is 12.8. The molecule has 0 aliphatic carbocycles. The van der Waals surface area contributed by atoms with E-state index in [0.717, 1.165) is 5.56 Å². The van der Waals surface area contributed by atoms with Crippen molar-refractivity contribution >= 4 is 27.3 Å². The van der Waals surface area contributed by atoms with E-state index in [1.807, 2.05) is 36.4 Å². The Labute approximate surface area is 166 Å². The van der Waals surface area contributed by atoms with E-state index in [9.17, 15) is 8.42 Å².